The van der Waals surface area contributed by atoms with Gasteiger partial charge in [-0.25, -0.2) is 4.98 Å². The van der Waals surface area contributed by atoms with Crippen molar-refractivity contribution in [2.24, 2.45) is 5.41 Å². The van der Waals surface area contributed by atoms with Crippen molar-refractivity contribution in [1.82, 2.24) is 10.3 Å². The molecule has 0 spiro atoms. The van der Waals surface area contributed by atoms with E-state index in [1.165, 1.54) is 0 Å². The molecule has 0 saturated heterocycles. The summed E-state index contributed by atoms with van der Waals surface area (Å²) in [6, 6.07) is 4.80. The molecule has 7 heteroatoms. The Morgan fingerprint density at radius 1 is 1.29 bits per heavy atom. The molecule has 4 nitrogen and oxygen atoms in total. The van der Waals surface area contributed by atoms with E-state index in [0.29, 0.717) is 12.1 Å². The second-order valence-corrected chi connectivity index (χ2v) is 6.80. The molecular weight excluding hydrogens is 319 g/mol. The molecule has 0 radical (unpaired) electrons. The molecule has 0 aliphatic rings. The second-order valence-electron chi connectivity index (χ2n) is 6.80. The summed E-state index contributed by atoms with van der Waals surface area (Å²) in [5.74, 6) is 0.183. The number of alkyl halides is 3. The van der Waals surface area contributed by atoms with E-state index in [2.05, 4.69) is 16.4 Å². The van der Waals surface area contributed by atoms with Gasteiger partial charge in [0.05, 0.1) is 11.5 Å². The summed E-state index contributed by atoms with van der Waals surface area (Å²) >= 11 is 0. The first kappa shape index (κ1) is 18.3. The Labute approximate surface area is 138 Å². The standard InChI is InChI=1S/C17H20F3N3O/c1-10(2)15-23-13-6-11(7-22-9-16(3,4)8-21)5-12(14(13)24-15)17(18,19)20/h5-6,10,22H,7,9H2,1-4H3. The van der Waals surface area contributed by atoms with E-state index in [0.717, 1.165) is 6.07 Å². The van der Waals surface area contributed by atoms with Crippen molar-refractivity contribution in [1.29, 1.82) is 5.26 Å². The zero-order valence-electron chi connectivity index (χ0n) is 14.1. The van der Waals surface area contributed by atoms with Gasteiger partial charge in [0.2, 0.25) is 0 Å². The van der Waals surface area contributed by atoms with E-state index >= 15 is 0 Å². The third-order valence-electron chi connectivity index (χ3n) is 3.56. The number of fused-ring (bicyclic) bond motifs is 1. The van der Waals surface area contributed by atoms with Gasteiger partial charge < -0.3 is 9.73 Å². The lowest BCUT2D eigenvalue weighted by atomic mass is 9.96. The third-order valence-corrected chi connectivity index (χ3v) is 3.56. The Morgan fingerprint density at radius 3 is 2.50 bits per heavy atom. The maximum atomic E-state index is 13.3. The van der Waals surface area contributed by atoms with Crippen LogP contribution in [-0.4, -0.2) is 11.5 Å². The molecule has 0 amide bonds. The number of nitriles is 1. The van der Waals surface area contributed by atoms with Gasteiger partial charge in [0.15, 0.2) is 11.5 Å². The Bertz CT molecular complexity index is 770. The zero-order valence-corrected chi connectivity index (χ0v) is 14.1. The fourth-order valence-electron chi connectivity index (χ4n) is 2.23. The molecule has 1 aromatic carbocycles. The van der Waals surface area contributed by atoms with Gasteiger partial charge in [0, 0.05) is 19.0 Å². The number of halogens is 3. The summed E-state index contributed by atoms with van der Waals surface area (Å²) in [5.41, 5.74) is -0.990. The largest absolute Gasteiger partial charge is 0.440 e. The van der Waals surface area contributed by atoms with Crippen LogP contribution in [0.25, 0.3) is 11.1 Å². The molecule has 0 unspecified atom stereocenters. The molecule has 24 heavy (non-hydrogen) atoms. The number of nitrogens with one attached hydrogen (secondary N) is 1. The molecule has 0 bridgehead atoms. The van der Waals surface area contributed by atoms with Gasteiger partial charge in [0.25, 0.3) is 0 Å². The van der Waals surface area contributed by atoms with Crippen molar-refractivity contribution < 1.29 is 17.6 Å². The number of nitrogens with zero attached hydrogens (tertiary/aromatic N) is 2. The maximum absolute atomic E-state index is 13.3. The van der Waals surface area contributed by atoms with Crippen molar-refractivity contribution in [3.8, 4) is 6.07 Å². The molecule has 0 saturated carbocycles. The summed E-state index contributed by atoms with van der Waals surface area (Å²) < 4.78 is 45.3. The topological polar surface area (TPSA) is 61.9 Å². The summed E-state index contributed by atoms with van der Waals surface area (Å²) in [5, 5.41) is 12.0. The highest BCUT2D eigenvalue weighted by atomic mass is 19.4. The highest BCUT2D eigenvalue weighted by molar-refractivity contribution is 5.78. The molecule has 2 aromatic rings. The lowest BCUT2D eigenvalue weighted by molar-refractivity contribution is -0.136. The smallest absolute Gasteiger partial charge is 0.420 e. The number of rotatable bonds is 5. The van der Waals surface area contributed by atoms with Crippen molar-refractivity contribution in [3.05, 3.63) is 29.2 Å². The quantitative estimate of drug-likeness (QED) is 0.864. The lowest BCUT2D eigenvalue weighted by Crippen LogP contribution is -2.27. The van der Waals surface area contributed by atoms with Crippen LogP contribution in [0.4, 0.5) is 13.2 Å². The molecular formula is C17H20F3N3O. The van der Waals surface area contributed by atoms with Gasteiger partial charge >= 0.3 is 6.18 Å². The predicted octanol–water partition coefficient (Wildman–Crippen LogP) is 4.61. The highest BCUT2D eigenvalue weighted by Gasteiger charge is 2.35. The summed E-state index contributed by atoms with van der Waals surface area (Å²) in [7, 11) is 0. The highest BCUT2D eigenvalue weighted by Crippen LogP contribution is 2.37. The molecule has 0 atom stereocenters. The van der Waals surface area contributed by atoms with Gasteiger partial charge in [-0.05, 0) is 31.5 Å². The van der Waals surface area contributed by atoms with Crippen LogP contribution in [0.1, 0.15) is 50.6 Å². The van der Waals surface area contributed by atoms with Crippen LogP contribution in [0.2, 0.25) is 0 Å². The Morgan fingerprint density at radius 2 is 1.96 bits per heavy atom. The first-order chi connectivity index (χ1) is 11.0. The van der Waals surface area contributed by atoms with Crippen LogP contribution in [0.15, 0.2) is 16.5 Å². The molecule has 1 aromatic heterocycles. The van der Waals surface area contributed by atoms with E-state index in [1.807, 2.05) is 13.8 Å². The fraction of sp³-hybridized carbons (Fsp3) is 0.529. The van der Waals surface area contributed by atoms with Gasteiger partial charge in [0.1, 0.15) is 11.1 Å². The molecule has 130 valence electrons. The second kappa shape index (κ2) is 6.44. The monoisotopic (exact) mass is 339 g/mol. The third kappa shape index (κ3) is 4.06. The van der Waals surface area contributed by atoms with Crippen molar-refractivity contribution in [2.75, 3.05) is 6.54 Å². The van der Waals surface area contributed by atoms with Gasteiger partial charge in [-0.15, -0.1) is 0 Å². The summed E-state index contributed by atoms with van der Waals surface area (Å²) in [6.45, 7) is 7.73. The molecule has 1 heterocycles. The maximum Gasteiger partial charge on any atom is 0.420 e. The molecule has 0 aliphatic heterocycles. The fourth-order valence-corrected chi connectivity index (χ4v) is 2.23. The number of aromatic nitrogens is 1. The molecule has 0 fully saturated rings. The van der Waals surface area contributed by atoms with E-state index in [4.69, 9.17) is 9.68 Å². The molecule has 1 N–H and O–H groups in total. The normalized spacial score (nSPS) is 12.8. The molecule has 0 aliphatic carbocycles. The first-order valence-electron chi connectivity index (χ1n) is 7.66. The van der Waals surface area contributed by atoms with Crippen molar-refractivity contribution in [2.45, 2.75) is 46.3 Å². The van der Waals surface area contributed by atoms with Crippen LogP contribution < -0.4 is 5.32 Å². The van der Waals surface area contributed by atoms with Crippen LogP contribution in [-0.2, 0) is 12.7 Å². The average Bonchev–Trinajstić information content (AvgIpc) is 2.89. The molecule has 2 rings (SSSR count). The minimum absolute atomic E-state index is 0.100. The van der Waals surface area contributed by atoms with Gasteiger partial charge in [-0.1, -0.05) is 13.8 Å². The van der Waals surface area contributed by atoms with E-state index in [-0.39, 0.29) is 29.5 Å². The van der Waals surface area contributed by atoms with E-state index in [1.54, 1.807) is 19.9 Å². The van der Waals surface area contributed by atoms with Crippen molar-refractivity contribution in [3.63, 3.8) is 0 Å². The Kier molecular flexibility index (Phi) is 4.90. The first-order valence-corrected chi connectivity index (χ1v) is 7.66. The Balaban J connectivity index is 2.36. The lowest BCUT2D eigenvalue weighted by Gasteiger charge is -2.16. The Hall–Kier alpha value is -2.07. The van der Waals surface area contributed by atoms with E-state index < -0.39 is 17.2 Å². The van der Waals surface area contributed by atoms with Gasteiger partial charge in [-0.3, -0.25) is 0 Å². The average molecular weight is 339 g/mol. The summed E-state index contributed by atoms with van der Waals surface area (Å²) in [4.78, 5) is 4.17. The van der Waals surface area contributed by atoms with Crippen LogP contribution in [0, 0.1) is 16.7 Å². The van der Waals surface area contributed by atoms with Crippen LogP contribution in [0.3, 0.4) is 0 Å². The number of benzene rings is 1. The number of oxazole rings is 1. The number of hydrogen-bond donors (Lipinski definition) is 1. The van der Waals surface area contributed by atoms with Crippen LogP contribution in [0.5, 0.6) is 0 Å². The minimum atomic E-state index is -4.52. The van der Waals surface area contributed by atoms with Crippen molar-refractivity contribution >= 4 is 11.1 Å². The predicted molar refractivity (Wildman–Crippen MR) is 84.2 cm³/mol. The zero-order chi connectivity index (χ0) is 18.1. The van der Waals surface area contributed by atoms with Crippen LogP contribution >= 0.6 is 0 Å². The number of hydrogen-bond acceptors (Lipinski definition) is 4. The minimum Gasteiger partial charge on any atom is -0.440 e. The SMILES string of the molecule is CC(C)c1nc2cc(CNCC(C)(C)C#N)cc(C(F)(F)F)c2o1. The van der Waals surface area contributed by atoms with Gasteiger partial charge in [-0.2, -0.15) is 18.4 Å². The van der Waals surface area contributed by atoms with E-state index in [9.17, 15) is 13.2 Å². The summed E-state index contributed by atoms with van der Waals surface area (Å²) in [6.07, 6.45) is -4.52.